The highest BCUT2D eigenvalue weighted by Crippen LogP contribution is 2.31. The van der Waals surface area contributed by atoms with Gasteiger partial charge in [-0.15, -0.1) is 0 Å². The monoisotopic (exact) mass is 368 g/mol. The summed E-state index contributed by atoms with van der Waals surface area (Å²) < 4.78 is 5.65. The van der Waals surface area contributed by atoms with E-state index in [9.17, 15) is 9.90 Å². The Morgan fingerprint density at radius 1 is 1.22 bits per heavy atom. The summed E-state index contributed by atoms with van der Waals surface area (Å²) in [6, 6.07) is 14.0. The van der Waals surface area contributed by atoms with E-state index in [-0.39, 0.29) is 24.0 Å². The van der Waals surface area contributed by atoms with Gasteiger partial charge in [-0.05, 0) is 41.2 Å². The number of nitrogens with one attached hydrogen (secondary N) is 2. The third-order valence-electron chi connectivity index (χ3n) is 4.74. The highest BCUT2D eigenvalue weighted by atomic mass is 16.5. The van der Waals surface area contributed by atoms with Crippen molar-refractivity contribution < 1.29 is 14.6 Å². The average Bonchev–Trinajstić information content (AvgIpc) is 2.65. The van der Waals surface area contributed by atoms with Gasteiger partial charge in [-0.3, -0.25) is 4.79 Å². The van der Waals surface area contributed by atoms with E-state index in [0.29, 0.717) is 25.1 Å². The van der Waals surface area contributed by atoms with Crippen molar-refractivity contribution in [2.45, 2.75) is 45.1 Å². The molecule has 2 aromatic rings. The number of aliphatic hydroxyl groups is 1. The van der Waals surface area contributed by atoms with Crippen LogP contribution in [0.3, 0.4) is 0 Å². The van der Waals surface area contributed by atoms with E-state index < -0.39 is 0 Å². The largest absolute Gasteiger partial charge is 0.484 e. The van der Waals surface area contributed by atoms with Crippen molar-refractivity contribution in [3.8, 4) is 5.75 Å². The van der Waals surface area contributed by atoms with Crippen LogP contribution in [-0.2, 0) is 16.6 Å². The van der Waals surface area contributed by atoms with Gasteiger partial charge in [0.15, 0.2) is 0 Å². The lowest BCUT2D eigenvalue weighted by Gasteiger charge is -2.26. The quantitative estimate of drug-likeness (QED) is 0.752. The minimum absolute atomic E-state index is 0.0141. The van der Waals surface area contributed by atoms with Crippen LogP contribution < -0.4 is 15.4 Å². The first-order chi connectivity index (χ1) is 12.8. The van der Waals surface area contributed by atoms with E-state index in [4.69, 9.17) is 4.74 Å². The maximum atomic E-state index is 12.3. The number of hydrogen-bond acceptors (Lipinski definition) is 4. The number of ether oxygens (including phenoxy) is 1. The van der Waals surface area contributed by atoms with E-state index in [1.807, 2.05) is 18.2 Å². The molecule has 0 aliphatic carbocycles. The van der Waals surface area contributed by atoms with Crippen LogP contribution in [0.5, 0.6) is 5.75 Å². The van der Waals surface area contributed by atoms with Crippen molar-refractivity contribution in [1.29, 1.82) is 0 Å². The molecule has 2 aromatic carbocycles. The molecular weight excluding hydrogens is 340 g/mol. The zero-order valence-corrected chi connectivity index (χ0v) is 16.2. The highest BCUT2D eigenvalue weighted by Gasteiger charge is 2.19. The molecule has 0 bridgehead atoms. The van der Waals surface area contributed by atoms with Gasteiger partial charge in [0.05, 0.1) is 18.8 Å². The molecule has 1 atom stereocenters. The lowest BCUT2D eigenvalue weighted by atomic mass is 9.86. The van der Waals surface area contributed by atoms with Gasteiger partial charge in [-0.25, -0.2) is 0 Å². The standard InChI is InChI=1S/C22H28N2O3/c1-22(2,3)16-7-4-15(5-8-16)6-11-21(26)24-17-9-10-20-19(12-17)23-13-18(14-25)27-20/h4-5,7-10,12,18,23,25H,6,11,13-14H2,1-3H3,(H,24,26). The number of aliphatic hydroxyl groups excluding tert-OH is 1. The molecule has 0 fully saturated rings. The van der Waals surface area contributed by atoms with Crippen LogP contribution in [0.2, 0.25) is 0 Å². The maximum Gasteiger partial charge on any atom is 0.224 e. The van der Waals surface area contributed by atoms with E-state index in [0.717, 1.165) is 16.9 Å². The first-order valence-corrected chi connectivity index (χ1v) is 9.40. The fraction of sp³-hybridized carbons (Fsp3) is 0.409. The summed E-state index contributed by atoms with van der Waals surface area (Å²) in [5, 5.41) is 15.3. The van der Waals surface area contributed by atoms with Crippen molar-refractivity contribution in [3.05, 3.63) is 53.6 Å². The molecule has 0 aromatic heterocycles. The van der Waals surface area contributed by atoms with Gasteiger partial charge in [-0.1, -0.05) is 45.0 Å². The summed E-state index contributed by atoms with van der Waals surface area (Å²) in [5.41, 5.74) is 4.16. The van der Waals surface area contributed by atoms with Gasteiger partial charge in [0.1, 0.15) is 11.9 Å². The normalized spacial score (nSPS) is 16.1. The molecule has 3 rings (SSSR count). The Morgan fingerprint density at radius 2 is 1.96 bits per heavy atom. The number of carbonyl (C=O) groups is 1. The fourth-order valence-electron chi connectivity index (χ4n) is 3.05. The lowest BCUT2D eigenvalue weighted by molar-refractivity contribution is -0.116. The van der Waals surface area contributed by atoms with Gasteiger partial charge >= 0.3 is 0 Å². The summed E-state index contributed by atoms with van der Waals surface area (Å²) >= 11 is 0. The van der Waals surface area contributed by atoms with Crippen LogP contribution in [-0.4, -0.2) is 30.3 Å². The molecule has 0 spiro atoms. The van der Waals surface area contributed by atoms with Crippen LogP contribution in [0.1, 0.15) is 38.3 Å². The van der Waals surface area contributed by atoms with Gasteiger partial charge in [0.2, 0.25) is 5.91 Å². The second-order valence-electron chi connectivity index (χ2n) is 8.01. The number of benzene rings is 2. The second kappa shape index (κ2) is 8.01. The minimum atomic E-state index is -0.234. The minimum Gasteiger partial charge on any atom is -0.484 e. The molecule has 1 aliphatic rings. The Hall–Kier alpha value is -2.53. The number of carbonyl (C=O) groups excluding carboxylic acids is 1. The lowest BCUT2D eigenvalue weighted by Crippen LogP contribution is -2.33. The number of amides is 1. The highest BCUT2D eigenvalue weighted by molar-refractivity contribution is 5.91. The van der Waals surface area contributed by atoms with E-state index >= 15 is 0 Å². The molecule has 144 valence electrons. The van der Waals surface area contributed by atoms with Crippen molar-refractivity contribution in [3.63, 3.8) is 0 Å². The fourth-order valence-corrected chi connectivity index (χ4v) is 3.05. The molecule has 1 amide bonds. The van der Waals surface area contributed by atoms with Gasteiger partial charge < -0.3 is 20.5 Å². The van der Waals surface area contributed by atoms with Crippen molar-refractivity contribution in [2.75, 3.05) is 23.8 Å². The Bertz CT molecular complexity index is 794. The molecular formula is C22H28N2O3. The Balaban J connectivity index is 1.54. The number of aryl methyl sites for hydroxylation is 1. The van der Waals surface area contributed by atoms with Gasteiger partial charge in [0, 0.05) is 12.1 Å². The van der Waals surface area contributed by atoms with Crippen LogP contribution in [0, 0.1) is 0 Å². The van der Waals surface area contributed by atoms with E-state index in [1.54, 1.807) is 0 Å². The third kappa shape index (κ3) is 5.01. The predicted octanol–water partition coefficient (Wildman–Crippen LogP) is 3.72. The second-order valence-corrected chi connectivity index (χ2v) is 8.01. The summed E-state index contributed by atoms with van der Waals surface area (Å²) in [7, 11) is 0. The summed E-state index contributed by atoms with van der Waals surface area (Å²) in [6.07, 6.45) is 0.908. The summed E-state index contributed by atoms with van der Waals surface area (Å²) in [6.45, 7) is 7.10. The topological polar surface area (TPSA) is 70.6 Å². The summed E-state index contributed by atoms with van der Waals surface area (Å²) in [5.74, 6) is 0.678. The first-order valence-electron chi connectivity index (χ1n) is 9.40. The molecule has 0 radical (unpaired) electrons. The number of anilines is 2. The van der Waals surface area contributed by atoms with Crippen LogP contribution in [0.15, 0.2) is 42.5 Å². The number of hydrogen-bond donors (Lipinski definition) is 3. The maximum absolute atomic E-state index is 12.3. The molecule has 1 heterocycles. The average molecular weight is 368 g/mol. The predicted molar refractivity (Wildman–Crippen MR) is 109 cm³/mol. The Labute approximate surface area is 160 Å². The first kappa shape index (κ1) is 19.2. The molecule has 0 saturated heterocycles. The van der Waals surface area contributed by atoms with Crippen LogP contribution in [0.4, 0.5) is 11.4 Å². The van der Waals surface area contributed by atoms with Crippen LogP contribution >= 0.6 is 0 Å². The zero-order chi connectivity index (χ0) is 19.4. The van der Waals surface area contributed by atoms with Crippen molar-refractivity contribution >= 4 is 17.3 Å². The molecule has 0 saturated carbocycles. The van der Waals surface area contributed by atoms with Crippen molar-refractivity contribution in [1.82, 2.24) is 0 Å². The van der Waals surface area contributed by atoms with Crippen LogP contribution in [0.25, 0.3) is 0 Å². The SMILES string of the molecule is CC(C)(C)c1ccc(CCC(=O)Nc2ccc3c(c2)NCC(CO)O3)cc1. The third-order valence-corrected chi connectivity index (χ3v) is 4.74. The van der Waals surface area contributed by atoms with E-state index in [2.05, 4.69) is 55.7 Å². The van der Waals surface area contributed by atoms with E-state index in [1.165, 1.54) is 5.56 Å². The number of fused-ring (bicyclic) bond motifs is 1. The Morgan fingerprint density at radius 3 is 2.63 bits per heavy atom. The molecule has 1 aliphatic heterocycles. The van der Waals surface area contributed by atoms with Gasteiger partial charge in [-0.2, -0.15) is 0 Å². The Kier molecular flexibility index (Phi) is 5.71. The molecule has 1 unspecified atom stereocenters. The smallest absolute Gasteiger partial charge is 0.224 e. The van der Waals surface area contributed by atoms with Gasteiger partial charge in [0.25, 0.3) is 0 Å². The molecule has 5 heteroatoms. The molecule has 5 nitrogen and oxygen atoms in total. The van der Waals surface area contributed by atoms with Crippen molar-refractivity contribution in [2.24, 2.45) is 0 Å². The molecule has 27 heavy (non-hydrogen) atoms. The zero-order valence-electron chi connectivity index (χ0n) is 16.2. The summed E-state index contributed by atoms with van der Waals surface area (Å²) in [4.78, 5) is 12.3. The molecule has 3 N–H and O–H groups in total. The number of rotatable bonds is 5.